The van der Waals surface area contributed by atoms with Crippen molar-refractivity contribution in [3.8, 4) is 11.1 Å². The summed E-state index contributed by atoms with van der Waals surface area (Å²) >= 11 is 0. The van der Waals surface area contributed by atoms with Gasteiger partial charge in [-0.1, -0.05) is 42.5 Å². The predicted molar refractivity (Wildman–Crippen MR) is 93.8 cm³/mol. The number of amides is 2. The van der Waals surface area contributed by atoms with E-state index < -0.39 is 0 Å². The van der Waals surface area contributed by atoms with Gasteiger partial charge in [0.2, 0.25) is 0 Å². The lowest BCUT2D eigenvalue weighted by molar-refractivity contribution is 0.233. The van der Waals surface area contributed by atoms with Crippen LogP contribution in [0.1, 0.15) is 5.56 Å². The van der Waals surface area contributed by atoms with E-state index in [0.29, 0.717) is 12.2 Å². The second-order valence-electron chi connectivity index (χ2n) is 5.24. The van der Waals surface area contributed by atoms with Gasteiger partial charge >= 0.3 is 6.03 Å². The van der Waals surface area contributed by atoms with E-state index in [1.807, 2.05) is 60.8 Å². The van der Waals surface area contributed by atoms with Gasteiger partial charge in [-0.2, -0.15) is 5.10 Å². The molecule has 0 aliphatic carbocycles. The van der Waals surface area contributed by atoms with Crippen molar-refractivity contribution in [2.45, 2.75) is 6.54 Å². The first-order chi connectivity index (χ1) is 11.8. The SMILES string of the molecule is N=CN(Cc1ccccc1)C(=O)Nc1ccc(-c2cn[nH]c2)cc1. The van der Waals surface area contributed by atoms with Gasteiger partial charge in [0, 0.05) is 17.4 Å². The highest BCUT2D eigenvalue weighted by Crippen LogP contribution is 2.20. The van der Waals surface area contributed by atoms with Gasteiger partial charge in [-0.25, -0.2) is 4.79 Å². The maximum atomic E-state index is 12.3. The quantitative estimate of drug-likeness (QED) is 0.494. The molecule has 0 bridgehead atoms. The molecule has 3 rings (SSSR count). The van der Waals surface area contributed by atoms with Gasteiger partial charge in [-0.05, 0) is 23.3 Å². The summed E-state index contributed by atoms with van der Waals surface area (Å²) in [6.07, 6.45) is 4.58. The van der Waals surface area contributed by atoms with Gasteiger partial charge in [0.1, 0.15) is 0 Å². The van der Waals surface area contributed by atoms with Crippen LogP contribution in [0.2, 0.25) is 0 Å². The molecular weight excluding hydrogens is 302 g/mol. The summed E-state index contributed by atoms with van der Waals surface area (Å²) < 4.78 is 0. The third kappa shape index (κ3) is 3.67. The summed E-state index contributed by atoms with van der Waals surface area (Å²) in [6.45, 7) is 0.350. The van der Waals surface area contributed by atoms with E-state index in [2.05, 4.69) is 15.5 Å². The van der Waals surface area contributed by atoms with E-state index in [1.54, 1.807) is 6.20 Å². The van der Waals surface area contributed by atoms with E-state index in [-0.39, 0.29) is 6.03 Å². The Morgan fingerprint density at radius 2 is 1.88 bits per heavy atom. The molecule has 0 atom stereocenters. The third-order valence-electron chi connectivity index (χ3n) is 3.58. The molecule has 0 radical (unpaired) electrons. The van der Waals surface area contributed by atoms with E-state index in [1.165, 1.54) is 4.90 Å². The number of carbonyl (C=O) groups excluding carboxylic acids is 1. The number of anilines is 1. The molecule has 0 aliphatic rings. The molecule has 2 aromatic carbocycles. The number of H-pyrrole nitrogens is 1. The van der Waals surface area contributed by atoms with Crippen LogP contribution in [0.15, 0.2) is 67.0 Å². The average molecular weight is 319 g/mol. The Kier molecular flexibility index (Phi) is 4.67. The highest BCUT2D eigenvalue weighted by Gasteiger charge is 2.12. The number of aromatic nitrogens is 2. The van der Waals surface area contributed by atoms with Crippen molar-refractivity contribution < 1.29 is 4.79 Å². The minimum atomic E-state index is -0.343. The lowest BCUT2D eigenvalue weighted by Crippen LogP contribution is -2.33. The Morgan fingerprint density at radius 1 is 1.12 bits per heavy atom. The smallest absolute Gasteiger partial charge is 0.308 e. The van der Waals surface area contributed by atoms with Gasteiger partial charge in [0.05, 0.1) is 19.1 Å². The second-order valence-corrected chi connectivity index (χ2v) is 5.24. The standard InChI is InChI=1S/C18H17N5O/c19-13-23(12-14-4-2-1-3-5-14)18(24)22-17-8-6-15(7-9-17)16-10-20-21-11-16/h1-11,13,19H,12H2,(H,20,21)(H,22,24). The Bertz CT molecular complexity index is 797. The molecule has 1 heterocycles. The Morgan fingerprint density at radius 3 is 2.50 bits per heavy atom. The molecule has 0 saturated heterocycles. The number of aromatic amines is 1. The van der Waals surface area contributed by atoms with Crippen molar-refractivity contribution in [2.24, 2.45) is 0 Å². The van der Waals surface area contributed by atoms with Crippen molar-refractivity contribution in [1.29, 1.82) is 5.41 Å². The first kappa shape index (κ1) is 15.5. The summed E-state index contributed by atoms with van der Waals surface area (Å²) in [4.78, 5) is 13.6. The van der Waals surface area contributed by atoms with Crippen molar-refractivity contribution in [3.05, 3.63) is 72.6 Å². The lowest BCUT2D eigenvalue weighted by Gasteiger charge is -2.18. The Hall–Kier alpha value is -3.41. The first-order valence-corrected chi connectivity index (χ1v) is 7.47. The van der Waals surface area contributed by atoms with Crippen LogP contribution in [0, 0.1) is 5.41 Å². The van der Waals surface area contributed by atoms with Gasteiger partial charge in [0.15, 0.2) is 0 Å². The molecule has 6 nitrogen and oxygen atoms in total. The number of urea groups is 1. The van der Waals surface area contributed by atoms with Crippen LogP contribution in [0.25, 0.3) is 11.1 Å². The average Bonchev–Trinajstić information content (AvgIpc) is 3.16. The minimum absolute atomic E-state index is 0.343. The van der Waals surface area contributed by atoms with Gasteiger partial charge in [-0.15, -0.1) is 0 Å². The number of nitrogens with one attached hydrogen (secondary N) is 3. The summed E-state index contributed by atoms with van der Waals surface area (Å²) in [5.74, 6) is 0. The highest BCUT2D eigenvalue weighted by molar-refractivity contribution is 5.96. The normalized spacial score (nSPS) is 10.2. The zero-order valence-corrected chi connectivity index (χ0v) is 12.9. The molecule has 0 aliphatic heterocycles. The molecular formula is C18H17N5O. The summed E-state index contributed by atoms with van der Waals surface area (Å²) in [5, 5.41) is 16.9. The van der Waals surface area contributed by atoms with Gasteiger partial charge < -0.3 is 5.32 Å². The number of hydrogen-bond acceptors (Lipinski definition) is 3. The molecule has 24 heavy (non-hydrogen) atoms. The van der Waals surface area contributed by atoms with Crippen LogP contribution >= 0.6 is 0 Å². The van der Waals surface area contributed by atoms with Crippen molar-refractivity contribution in [1.82, 2.24) is 15.1 Å². The summed E-state index contributed by atoms with van der Waals surface area (Å²) in [5.41, 5.74) is 3.63. The Balaban J connectivity index is 1.65. The summed E-state index contributed by atoms with van der Waals surface area (Å²) in [7, 11) is 0. The molecule has 0 fully saturated rings. The maximum absolute atomic E-state index is 12.3. The minimum Gasteiger partial charge on any atom is -0.308 e. The van der Waals surface area contributed by atoms with Crippen LogP contribution < -0.4 is 5.32 Å². The van der Waals surface area contributed by atoms with Gasteiger partial charge in [0.25, 0.3) is 0 Å². The molecule has 0 saturated carbocycles. The number of rotatable bonds is 5. The van der Waals surface area contributed by atoms with Crippen molar-refractivity contribution >= 4 is 18.1 Å². The highest BCUT2D eigenvalue weighted by atomic mass is 16.2. The molecule has 120 valence electrons. The largest absolute Gasteiger partial charge is 0.327 e. The molecule has 2 amide bonds. The number of carbonyl (C=O) groups is 1. The van der Waals surface area contributed by atoms with Crippen LogP contribution in [-0.4, -0.2) is 27.5 Å². The van der Waals surface area contributed by atoms with Crippen LogP contribution in [0.5, 0.6) is 0 Å². The molecule has 1 aromatic heterocycles. The van der Waals surface area contributed by atoms with Crippen LogP contribution in [-0.2, 0) is 6.54 Å². The maximum Gasteiger partial charge on any atom is 0.327 e. The van der Waals surface area contributed by atoms with Crippen LogP contribution in [0.4, 0.5) is 10.5 Å². The van der Waals surface area contributed by atoms with E-state index in [0.717, 1.165) is 23.0 Å². The predicted octanol–water partition coefficient (Wildman–Crippen LogP) is 3.72. The van der Waals surface area contributed by atoms with Crippen molar-refractivity contribution in [3.63, 3.8) is 0 Å². The van der Waals surface area contributed by atoms with Crippen molar-refractivity contribution in [2.75, 3.05) is 5.32 Å². The fraction of sp³-hybridized carbons (Fsp3) is 0.0556. The topological polar surface area (TPSA) is 84.9 Å². The molecule has 6 heteroatoms. The zero-order valence-electron chi connectivity index (χ0n) is 12.9. The second kappa shape index (κ2) is 7.23. The Labute approximate surface area is 139 Å². The molecule has 3 aromatic rings. The van der Waals surface area contributed by atoms with E-state index >= 15 is 0 Å². The number of hydrogen-bond donors (Lipinski definition) is 3. The third-order valence-corrected chi connectivity index (χ3v) is 3.58. The lowest BCUT2D eigenvalue weighted by atomic mass is 10.1. The number of benzene rings is 2. The first-order valence-electron chi connectivity index (χ1n) is 7.47. The zero-order chi connectivity index (χ0) is 16.8. The molecule has 3 N–H and O–H groups in total. The van der Waals surface area contributed by atoms with Crippen LogP contribution in [0.3, 0.4) is 0 Å². The monoisotopic (exact) mass is 319 g/mol. The fourth-order valence-electron chi connectivity index (χ4n) is 2.31. The van der Waals surface area contributed by atoms with Gasteiger partial charge in [-0.3, -0.25) is 15.4 Å². The molecule has 0 spiro atoms. The van der Waals surface area contributed by atoms with E-state index in [9.17, 15) is 4.79 Å². The summed E-state index contributed by atoms with van der Waals surface area (Å²) in [6, 6.07) is 16.7. The van der Waals surface area contributed by atoms with E-state index in [4.69, 9.17) is 5.41 Å². The molecule has 0 unspecified atom stereocenters. The number of nitrogens with zero attached hydrogens (tertiary/aromatic N) is 2. The fourth-order valence-corrected chi connectivity index (χ4v) is 2.31.